The van der Waals surface area contributed by atoms with Crippen molar-refractivity contribution in [2.24, 2.45) is 0 Å². The molecule has 79 heavy (non-hydrogen) atoms. The quantitative estimate of drug-likeness (QED) is 0.147. The molecule has 0 amide bonds. The monoisotopic (exact) mass is 1030 g/mol. The summed E-state index contributed by atoms with van der Waals surface area (Å²) < 4.78 is 0. The van der Waals surface area contributed by atoms with Gasteiger partial charge in [-0.1, -0.05) is 228 Å². The second-order valence-electron chi connectivity index (χ2n) is 27.0. The van der Waals surface area contributed by atoms with Gasteiger partial charge in [0, 0.05) is 50.9 Å². The van der Waals surface area contributed by atoms with Crippen LogP contribution in [0, 0.1) is 0 Å². The Morgan fingerprint density at radius 2 is 0.911 bits per heavy atom. The van der Waals surface area contributed by atoms with Crippen molar-refractivity contribution in [1.29, 1.82) is 0 Å². The Balaban J connectivity index is 1.10. The van der Waals surface area contributed by atoms with Crippen LogP contribution in [0.3, 0.4) is 0 Å². The lowest BCUT2D eigenvalue weighted by Gasteiger charge is -2.51. The van der Waals surface area contributed by atoms with E-state index in [1.165, 1.54) is 125 Å². The maximum atomic E-state index is 2.83. The number of anilines is 8. The standard InChI is InChI=1S/C75H76BN3/c1-71(2,3)56-34-30-50(31-35-56)42-51-32-39-65-62(43-51)74(10)40-18-19-41-75(74,11)79(65)61-48-68-70-69(49-61)78(60-29-21-27-57(46-60)72(4,5)6)67-47-58(73(7,8)9)36-38-64(67)76(70)63-37-33-55(53-24-16-13-17-25-53)45-66(63)77(68)59-28-20-26-54(44-59)52-22-14-12-15-23-52/h12-17,20-39,43-49H,18-19,40-42H2,1-11H3. The van der Waals surface area contributed by atoms with Crippen molar-refractivity contribution in [2.75, 3.05) is 14.7 Å². The molecule has 2 unspecified atom stereocenters. The minimum atomic E-state index is -0.186. The normalized spacial score (nSPS) is 18.4. The van der Waals surface area contributed by atoms with E-state index in [1.807, 2.05) is 0 Å². The lowest BCUT2D eigenvalue weighted by molar-refractivity contribution is 0.195. The van der Waals surface area contributed by atoms with Gasteiger partial charge in [-0.3, -0.25) is 0 Å². The van der Waals surface area contributed by atoms with E-state index in [1.54, 1.807) is 0 Å². The molecule has 4 heteroatoms. The molecule has 9 aromatic rings. The maximum Gasteiger partial charge on any atom is 0.252 e. The average Bonchev–Trinajstić information content (AvgIpc) is 2.83. The summed E-state index contributed by atoms with van der Waals surface area (Å²) in [5, 5.41) is 0. The molecule has 1 aliphatic carbocycles. The van der Waals surface area contributed by atoms with Crippen molar-refractivity contribution in [3.8, 4) is 22.3 Å². The van der Waals surface area contributed by atoms with Crippen LogP contribution in [0.15, 0.2) is 200 Å². The molecule has 0 aromatic heterocycles. The van der Waals surface area contributed by atoms with Crippen molar-refractivity contribution in [3.63, 3.8) is 0 Å². The largest absolute Gasteiger partial charge is 0.334 e. The second-order valence-corrected chi connectivity index (χ2v) is 27.0. The predicted molar refractivity (Wildman–Crippen MR) is 339 cm³/mol. The summed E-state index contributed by atoms with van der Waals surface area (Å²) in [6, 6.07) is 77.5. The second kappa shape index (κ2) is 18.5. The molecule has 2 atom stereocenters. The smallest absolute Gasteiger partial charge is 0.252 e. The Hall–Kier alpha value is -7.56. The highest BCUT2D eigenvalue weighted by Gasteiger charge is 2.58. The van der Waals surface area contributed by atoms with Crippen molar-refractivity contribution >= 4 is 68.6 Å². The van der Waals surface area contributed by atoms with Crippen LogP contribution in [0.5, 0.6) is 0 Å². The summed E-state index contributed by atoms with van der Waals surface area (Å²) in [6.07, 6.45) is 5.60. The van der Waals surface area contributed by atoms with Crippen LogP contribution in [0.25, 0.3) is 22.3 Å². The number of hydrogen-bond acceptors (Lipinski definition) is 3. The van der Waals surface area contributed by atoms with Gasteiger partial charge in [0.05, 0.1) is 5.54 Å². The van der Waals surface area contributed by atoms with Gasteiger partial charge in [-0.15, -0.1) is 0 Å². The molecule has 3 aliphatic heterocycles. The first-order valence-corrected chi connectivity index (χ1v) is 29.2. The van der Waals surface area contributed by atoms with Crippen LogP contribution in [0.1, 0.15) is 135 Å². The third-order valence-electron chi connectivity index (χ3n) is 18.9. The minimum absolute atomic E-state index is 0.0279. The Kier molecular flexibility index (Phi) is 11.9. The molecule has 9 aromatic carbocycles. The first-order chi connectivity index (χ1) is 37.8. The van der Waals surface area contributed by atoms with Crippen LogP contribution in [-0.2, 0) is 28.1 Å². The number of nitrogens with zero attached hydrogens (tertiary/aromatic N) is 3. The molecule has 0 N–H and O–H groups in total. The average molecular weight is 1030 g/mol. The van der Waals surface area contributed by atoms with Crippen LogP contribution in [-0.4, -0.2) is 12.3 Å². The molecular weight excluding hydrogens is 954 g/mol. The predicted octanol–water partition coefficient (Wildman–Crippen LogP) is 18.3. The van der Waals surface area contributed by atoms with Crippen molar-refractivity contribution in [3.05, 3.63) is 234 Å². The van der Waals surface area contributed by atoms with Gasteiger partial charge in [0.2, 0.25) is 0 Å². The third-order valence-corrected chi connectivity index (χ3v) is 18.9. The third kappa shape index (κ3) is 8.47. The highest BCUT2D eigenvalue weighted by molar-refractivity contribution is 7.00. The fourth-order valence-electron chi connectivity index (χ4n) is 14.2. The van der Waals surface area contributed by atoms with E-state index in [9.17, 15) is 0 Å². The summed E-state index contributed by atoms with van der Waals surface area (Å²) >= 11 is 0. The molecule has 1 fully saturated rings. The van der Waals surface area contributed by atoms with Gasteiger partial charge in [0.25, 0.3) is 6.71 Å². The topological polar surface area (TPSA) is 9.72 Å². The molecule has 0 saturated heterocycles. The number of rotatable bonds is 7. The first-order valence-electron chi connectivity index (χ1n) is 29.2. The molecule has 0 radical (unpaired) electrons. The molecule has 0 bridgehead atoms. The van der Waals surface area contributed by atoms with Gasteiger partial charge in [-0.25, -0.2) is 0 Å². The van der Waals surface area contributed by atoms with Crippen LogP contribution >= 0.6 is 0 Å². The Morgan fingerprint density at radius 3 is 1.54 bits per heavy atom. The minimum Gasteiger partial charge on any atom is -0.334 e. The van der Waals surface area contributed by atoms with E-state index in [2.05, 4.69) is 291 Å². The van der Waals surface area contributed by atoms with Gasteiger partial charge in [0.1, 0.15) is 0 Å². The SMILES string of the molecule is CC(C)(C)c1ccc(Cc2ccc3c(c2)C2(C)CCCCC2(C)N3c2cc3c4c(c2)N(c2cccc(C(C)(C)C)c2)c2cc(C(C)(C)C)ccc2B4c2ccc(-c4ccccc4)cc2N3c2cccc(-c3ccccc3)c2)cc1. The molecular formula is C75H76BN3. The molecule has 1 saturated carbocycles. The molecule has 394 valence electrons. The number of fused-ring (bicyclic) bond motifs is 7. The Morgan fingerprint density at radius 1 is 0.392 bits per heavy atom. The first kappa shape index (κ1) is 50.9. The molecule has 3 heterocycles. The summed E-state index contributed by atoms with van der Waals surface area (Å²) in [7, 11) is 0. The van der Waals surface area contributed by atoms with E-state index >= 15 is 0 Å². The maximum absolute atomic E-state index is 2.83. The lowest BCUT2D eigenvalue weighted by atomic mass is 9.33. The number of hydrogen-bond donors (Lipinski definition) is 0. The molecule has 4 aliphatic rings. The van der Waals surface area contributed by atoms with Gasteiger partial charge in [0.15, 0.2) is 0 Å². The van der Waals surface area contributed by atoms with Crippen molar-refractivity contribution in [1.82, 2.24) is 0 Å². The summed E-state index contributed by atoms with van der Waals surface area (Å²) in [4.78, 5) is 8.13. The molecule has 13 rings (SSSR count). The van der Waals surface area contributed by atoms with E-state index in [0.717, 1.165) is 24.9 Å². The highest BCUT2D eigenvalue weighted by atomic mass is 15.3. The van der Waals surface area contributed by atoms with E-state index in [4.69, 9.17) is 0 Å². The zero-order chi connectivity index (χ0) is 54.8. The van der Waals surface area contributed by atoms with Gasteiger partial charge < -0.3 is 14.7 Å². The van der Waals surface area contributed by atoms with Gasteiger partial charge in [-0.2, -0.15) is 0 Å². The van der Waals surface area contributed by atoms with E-state index < -0.39 is 0 Å². The summed E-state index contributed by atoms with van der Waals surface area (Å²) in [6.45, 7) is 26.2. The van der Waals surface area contributed by atoms with Gasteiger partial charge in [-0.05, 0) is 169 Å². The van der Waals surface area contributed by atoms with Crippen molar-refractivity contribution in [2.45, 2.75) is 135 Å². The highest BCUT2D eigenvalue weighted by Crippen LogP contribution is 2.62. The van der Waals surface area contributed by atoms with Crippen LogP contribution < -0.4 is 31.1 Å². The Labute approximate surface area is 472 Å². The molecule has 0 spiro atoms. The zero-order valence-electron chi connectivity index (χ0n) is 48.5. The Bertz CT molecular complexity index is 3820. The summed E-state index contributed by atoms with van der Waals surface area (Å²) in [5.74, 6) is 0. The zero-order valence-corrected chi connectivity index (χ0v) is 48.5. The van der Waals surface area contributed by atoms with Crippen LogP contribution in [0.2, 0.25) is 0 Å². The van der Waals surface area contributed by atoms with Crippen molar-refractivity contribution < 1.29 is 0 Å². The van der Waals surface area contributed by atoms with E-state index in [-0.39, 0.29) is 33.9 Å². The number of benzene rings is 9. The van der Waals surface area contributed by atoms with E-state index in [0.29, 0.717) is 0 Å². The van der Waals surface area contributed by atoms with Gasteiger partial charge >= 0.3 is 0 Å². The molecule has 3 nitrogen and oxygen atoms in total. The lowest BCUT2D eigenvalue weighted by Crippen LogP contribution is -2.61. The van der Waals surface area contributed by atoms with Crippen LogP contribution in [0.4, 0.5) is 45.5 Å². The fourth-order valence-corrected chi connectivity index (χ4v) is 14.2. The summed E-state index contributed by atoms with van der Waals surface area (Å²) in [5.41, 5.74) is 26.7. The fraction of sp³-hybridized carbons (Fsp3) is 0.280.